The van der Waals surface area contributed by atoms with Crippen LogP contribution in [0.25, 0.3) is 0 Å². The summed E-state index contributed by atoms with van der Waals surface area (Å²) in [5.41, 5.74) is 10.9. The van der Waals surface area contributed by atoms with Crippen LogP contribution in [0.4, 0.5) is 11.4 Å². The number of hydrogen-bond acceptors (Lipinski definition) is 12. The zero-order chi connectivity index (χ0) is 63.8. The summed E-state index contributed by atoms with van der Waals surface area (Å²) in [4.78, 5) is 97.1. The van der Waals surface area contributed by atoms with Crippen molar-refractivity contribution < 1.29 is 47.8 Å². The molecule has 0 radical (unpaired) electrons. The molecule has 0 saturated carbocycles. The predicted molar refractivity (Wildman–Crippen MR) is 359 cm³/mol. The highest BCUT2D eigenvalue weighted by atomic mass is 16.5. The molecule has 0 aliphatic carbocycles. The van der Waals surface area contributed by atoms with E-state index in [0.717, 1.165) is 83.9 Å². The molecular formula is C77H86N2O10. The Labute approximate surface area is 526 Å². The first-order valence-corrected chi connectivity index (χ1v) is 30.1. The standard InChI is InChI=1S/2C19H21NO2.2C19H20O3.CH4/c2*1-3-12-20-17-10-8-16(9-11-17)19(22)13-18(21)15-6-4-14(2)5-7-15;2*1-3-12-22-17-10-8-16(9-11-17)19(21)13-18(20)15-6-4-14(2)5-7-15;/h2*4-11,20H,3,12-13H2,1-2H3;2*4-11H,3,12-13H2,1-2H3;1H4. The Morgan fingerprint density at radius 2 is 0.449 bits per heavy atom. The van der Waals surface area contributed by atoms with Crippen LogP contribution in [-0.2, 0) is 0 Å². The Hall–Kier alpha value is -9.68. The lowest BCUT2D eigenvalue weighted by atomic mass is 10.0. The Morgan fingerprint density at radius 1 is 0.270 bits per heavy atom. The van der Waals surface area contributed by atoms with Crippen LogP contribution in [0, 0.1) is 27.7 Å². The van der Waals surface area contributed by atoms with Gasteiger partial charge in [0.05, 0.1) is 38.9 Å². The number of aryl methyl sites for hydroxylation is 4. The van der Waals surface area contributed by atoms with Gasteiger partial charge < -0.3 is 20.1 Å². The zero-order valence-electron chi connectivity index (χ0n) is 52.0. The average Bonchev–Trinajstić information content (AvgIpc) is 3.69. The first kappa shape index (κ1) is 71.8. The summed E-state index contributed by atoms with van der Waals surface area (Å²) in [5, 5.41) is 6.51. The maximum atomic E-state index is 12.2. The molecular weight excluding hydrogens is 1110 g/mol. The first-order valence-electron chi connectivity index (χ1n) is 30.1. The molecule has 464 valence electrons. The lowest BCUT2D eigenvalue weighted by molar-refractivity contribution is 0.0878. The van der Waals surface area contributed by atoms with Gasteiger partial charge in [0.15, 0.2) is 46.3 Å². The van der Waals surface area contributed by atoms with Gasteiger partial charge in [-0.2, -0.15) is 0 Å². The van der Waals surface area contributed by atoms with Crippen LogP contribution in [0.15, 0.2) is 194 Å². The summed E-state index contributed by atoms with van der Waals surface area (Å²) in [5.74, 6) is 0.246. The van der Waals surface area contributed by atoms with Gasteiger partial charge in [-0.15, -0.1) is 0 Å². The molecule has 0 fully saturated rings. The van der Waals surface area contributed by atoms with E-state index < -0.39 is 0 Å². The average molecular weight is 1200 g/mol. The summed E-state index contributed by atoms with van der Waals surface area (Å²) in [6.07, 6.45) is 3.56. The van der Waals surface area contributed by atoms with E-state index in [1.807, 2.05) is 114 Å². The Balaban J connectivity index is 0.000000253. The summed E-state index contributed by atoms with van der Waals surface area (Å²) in [7, 11) is 0. The third-order valence-electron chi connectivity index (χ3n) is 13.6. The SMILES string of the molecule is C.CCCNc1ccc(C(=O)CC(=O)c2ccc(C)cc2)cc1.CCCNc1ccc(C(=O)CC(=O)c2ccc(C)cc2)cc1.CCCOc1ccc(C(=O)CC(=O)c2ccc(C)cc2)cc1.CCCOc1ccc(C(=O)CC(=O)c2ccc(C)cc2)cc1. The molecule has 8 rings (SSSR count). The van der Waals surface area contributed by atoms with Gasteiger partial charge in [-0.3, -0.25) is 38.4 Å². The molecule has 12 heteroatoms. The highest BCUT2D eigenvalue weighted by Gasteiger charge is 2.18. The number of anilines is 2. The van der Waals surface area contributed by atoms with E-state index in [2.05, 4.69) is 24.5 Å². The minimum Gasteiger partial charge on any atom is -0.494 e. The molecule has 0 heterocycles. The maximum Gasteiger partial charge on any atom is 0.170 e. The molecule has 0 spiro atoms. The second kappa shape index (κ2) is 38.5. The van der Waals surface area contributed by atoms with E-state index in [1.54, 1.807) is 121 Å². The van der Waals surface area contributed by atoms with Crippen molar-refractivity contribution in [1.29, 1.82) is 0 Å². The van der Waals surface area contributed by atoms with Crippen LogP contribution in [0.1, 0.15) is 192 Å². The van der Waals surface area contributed by atoms with Gasteiger partial charge in [0.2, 0.25) is 0 Å². The Kier molecular flexibility index (Phi) is 31.0. The fourth-order valence-electron chi connectivity index (χ4n) is 8.36. The third-order valence-corrected chi connectivity index (χ3v) is 13.6. The van der Waals surface area contributed by atoms with Crippen molar-refractivity contribution >= 4 is 57.6 Å². The van der Waals surface area contributed by atoms with Crippen molar-refractivity contribution in [1.82, 2.24) is 0 Å². The fraction of sp³-hybridized carbons (Fsp3) is 0.273. The van der Waals surface area contributed by atoms with Crippen molar-refractivity contribution in [3.8, 4) is 11.5 Å². The van der Waals surface area contributed by atoms with Crippen molar-refractivity contribution in [2.45, 2.75) is 114 Å². The number of Topliss-reactive ketones (excluding diaryl/α,β-unsaturated/α-hetero) is 8. The molecule has 2 N–H and O–H groups in total. The van der Waals surface area contributed by atoms with Crippen LogP contribution in [0.3, 0.4) is 0 Å². The van der Waals surface area contributed by atoms with Gasteiger partial charge in [0, 0.05) is 69.0 Å². The van der Waals surface area contributed by atoms with E-state index >= 15 is 0 Å². The largest absolute Gasteiger partial charge is 0.494 e. The van der Waals surface area contributed by atoms with Crippen LogP contribution in [0.5, 0.6) is 11.5 Å². The van der Waals surface area contributed by atoms with E-state index in [4.69, 9.17) is 9.47 Å². The van der Waals surface area contributed by atoms with Crippen molar-refractivity contribution in [2.24, 2.45) is 0 Å². The topological polar surface area (TPSA) is 179 Å². The molecule has 0 unspecified atom stereocenters. The quantitative estimate of drug-likeness (QED) is 0.0351. The van der Waals surface area contributed by atoms with Crippen LogP contribution in [-0.4, -0.2) is 72.6 Å². The molecule has 89 heavy (non-hydrogen) atoms. The first-order chi connectivity index (χ1) is 42.4. The summed E-state index contributed by atoms with van der Waals surface area (Å²) >= 11 is 0. The molecule has 0 atom stereocenters. The van der Waals surface area contributed by atoms with Gasteiger partial charge in [-0.05, 0) is 150 Å². The Morgan fingerprint density at radius 3 is 0.629 bits per heavy atom. The smallest absolute Gasteiger partial charge is 0.170 e. The van der Waals surface area contributed by atoms with E-state index in [9.17, 15) is 38.4 Å². The molecule has 8 aromatic rings. The second-order valence-electron chi connectivity index (χ2n) is 21.3. The number of rotatable bonds is 28. The number of carbonyl (C=O) groups excluding carboxylic acids is 8. The molecule has 0 saturated heterocycles. The third kappa shape index (κ3) is 25.3. The molecule has 0 aliphatic rings. The number of hydrogen-bond donors (Lipinski definition) is 2. The van der Waals surface area contributed by atoms with Crippen molar-refractivity contribution in [3.63, 3.8) is 0 Å². The zero-order valence-corrected chi connectivity index (χ0v) is 52.0. The van der Waals surface area contributed by atoms with Gasteiger partial charge in [-0.25, -0.2) is 0 Å². The van der Waals surface area contributed by atoms with Crippen LogP contribution in [0.2, 0.25) is 0 Å². The normalized spacial score (nSPS) is 10.2. The van der Waals surface area contributed by atoms with E-state index in [0.29, 0.717) is 57.7 Å². The monoisotopic (exact) mass is 1200 g/mol. The Bertz CT molecular complexity index is 3040. The van der Waals surface area contributed by atoms with E-state index in [-0.39, 0.29) is 79.4 Å². The summed E-state index contributed by atoms with van der Waals surface area (Å²) in [6.45, 7) is 19.2. The predicted octanol–water partition coefficient (Wildman–Crippen LogP) is 17.7. The highest BCUT2D eigenvalue weighted by molar-refractivity contribution is 6.16. The lowest BCUT2D eigenvalue weighted by Crippen LogP contribution is -2.09. The van der Waals surface area contributed by atoms with Gasteiger partial charge in [-0.1, -0.05) is 154 Å². The molecule has 8 aromatic carbocycles. The number of ether oxygens (including phenoxy) is 2. The van der Waals surface area contributed by atoms with Gasteiger partial charge in [0.25, 0.3) is 0 Å². The number of nitrogens with one attached hydrogen (secondary N) is 2. The summed E-state index contributed by atoms with van der Waals surface area (Å²) in [6, 6.07) is 57.5. The van der Waals surface area contributed by atoms with Crippen LogP contribution < -0.4 is 20.1 Å². The van der Waals surface area contributed by atoms with Crippen molar-refractivity contribution in [2.75, 3.05) is 36.9 Å². The number of ketones is 8. The molecule has 12 nitrogen and oxygen atoms in total. The van der Waals surface area contributed by atoms with E-state index in [1.165, 1.54) is 0 Å². The molecule has 0 bridgehead atoms. The highest BCUT2D eigenvalue weighted by Crippen LogP contribution is 2.20. The molecule has 0 aromatic heterocycles. The number of benzene rings is 8. The number of carbonyl (C=O) groups is 8. The minimum atomic E-state index is -0.174. The molecule has 0 aliphatic heterocycles. The van der Waals surface area contributed by atoms with Gasteiger partial charge in [0.1, 0.15) is 11.5 Å². The fourth-order valence-corrected chi connectivity index (χ4v) is 8.36. The maximum absolute atomic E-state index is 12.2. The van der Waals surface area contributed by atoms with Gasteiger partial charge >= 0.3 is 0 Å². The molecule has 0 amide bonds. The van der Waals surface area contributed by atoms with Crippen LogP contribution >= 0.6 is 0 Å². The van der Waals surface area contributed by atoms with Crippen molar-refractivity contribution in [3.05, 3.63) is 261 Å². The lowest BCUT2D eigenvalue weighted by Gasteiger charge is -2.06. The summed E-state index contributed by atoms with van der Waals surface area (Å²) < 4.78 is 10.9. The second-order valence-corrected chi connectivity index (χ2v) is 21.3. The minimum absolute atomic E-state index is 0.